The van der Waals surface area contributed by atoms with Gasteiger partial charge in [-0.3, -0.25) is 0 Å². The molecule has 0 saturated carbocycles. The Morgan fingerprint density at radius 1 is 1.10 bits per heavy atom. The summed E-state index contributed by atoms with van der Waals surface area (Å²) in [6, 6.07) is 4.82. The Morgan fingerprint density at radius 3 is 1.95 bits per heavy atom. The number of halogens is 6. The van der Waals surface area contributed by atoms with E-state index in [1.165, 1.54) is 12.1 Å². The highest BCUT2D eigenvalue weighted by atomic mass is 35.5. The van der Waals surface area contributed by atoms with E-state index in [-0.39, 0.29) is 24.3 Å². The highest BCUT2D eigenvalue weighted by molar-refractivity contribution is 6.21. The molecule has 0 saturated heterocycles. The summed E-state index contributed by atoms with van der Waals surface area (Å²) in [7, 11) is 0. The molecule has 0 bridgehead atoms. The lowest BCUT2D eigenvalue weighted by Gasteiger charge is -2.06. The molecule has 0 fully saturated rings. The molecular formula is C13H20Cl3F3N2. The summed E-state index contributed by atoms with van der Waals surface area (Å²) in [4.78, 5) is 0. The van der Waals surface area contributed by atoms with Crippen LogP contribution in [0.4, 0.5) is 13.2 Å². The van der Waals surface area contributed by atoms with E-state index >= 15 is 0 Å². The van der Waals surface area contributed by atoms with E-state index in [2.05, 4.69) is 0 Å². The van der Waals surface area contributed by atoms with E-state index in [1.54, 1.807) is 0 Å². The molecule has 21 heavy (non-hydrogen) atoms. The molecule has 8 heteroatoms. The standard InChI is InChI=1S/C8H8F3N.C5H11Cl2N.ClH/c9-8(10,11)7-3-1-6(5-12)2-4-7;6-3-1-2-5(7)4-8;/h1-4H,5,12H2;5H,1-4,8H2;1H. The summed E-state index contributed by atoms with van der Waals surface area (Å²) in [5.41, 5.74) is 10.5. The number of alkyl halides is 5. The van der Waals surface area contributed by atoms with Crippen molar-refractivity contribution in [3.8, 4) is 0 Å². The van der Waals surface area contributed by atoms with Gasteiger partial charge in [-0.1, -0.05) is 12.1 Å². The molecule has 0 spiro atoms. The normalized spacial score (nSPS) is 12.0. The first-order valence-corrected chi connectivity index (χ1v) is 7.08. The van der Waals surface area contributed by atoms with Crippen LogP contribution in [0.1, 0.15) is 24.0 Å². The van der Waals surface area contributed by atoms with Gasteiger partial charge in [-0.25, -0.2) is 0 Å². The highest BCUT2D eigenvalue weighted by Gasteiger charge is 2.29. The smallest absolute Gasteiger partial charge is 0.329 e. The van der Waals surface area contributed by atoms with Gasteiger partial charge in [0.15, 0.2) is 0 Å². The van der Waals surface area contributed by atoms with Crippen molar-refractivity contribution < 1.29 is 13.2 Å². The Kier molecular flexibility index (Phi) is 13.6. The summed E-state index contributed by atoms with van der Waals surface area (Å²) in [5, 5.41) is 0.119. The molecule has 0 aliphatic rings. The van der Waals surface area contributed by atoms with Crippen LogP contribution in [0.5, 0.6) is 0 Å². The van der Waals surface area contributed by atoms with Crippen molar-refractivity contribution in [3.05, 3.63) is 35.4 Å². The minimum Gasteiger partial charge on any atom is -0.329 e. The first-order chi connectivity index (χ1) is 9.35. The third kappa shape index (κ3) is 11.1. The minimum atomic E-state index is -4.26. The van der Waals surface area contributed by atoms with Gasteiger partial charge in [-0.05, 0) is 30.5 Å². The van der Waals surface area contributed by atoms with Gasteiger partial charge in [0.25, 0.3) is 0 Å². The average Bonchev–Trinajstić information content (AvgIpc) is 2.44. The quantitative estimate of drug-likeness (QED) is 0.768. The van der Waals surface area contributed by atoms with Gasteiger partial charge in [-0.2, -0.15) is 13.2 Å². The fourth-order valence-electron chi connectivity index (χ4n) is 1.25. The third-order valence-electron chi connectivity index (χ3n) is 2.42. The average molecular weight is 368 g/mol. The Morgan fingerprint density at radius 2 is 1.62 bits per heavy atom. The molecule has 0 aliphatic heterocycles. The molecule has 4 N–H and O–H groups in total. The number of benzene rings is 1. The second kappa shape index (κ2) is 12.4. The molecule has 1 atom stereocenters. The van der Waals surface area contributed by atoms with Crippen LogP contribution < -0.4 is 11.5 Å². The number of hydrogen-bond donors (Lipinski definition) is 2. The largest absolute Gasteiger partial charge is 0.416 e. The topological polar surface area (TPSA) is 52.0 Å². The molecule has 0 amide bonds. The monoisotopic (exact) mass is 366 g/mol. The van der Waals surface area contributed by atoms with Crippen molar-refractivity contribution in [3.63, 3.8) is 0 Å². The number of rotatable bonds is 5. The Balaban J connectivity index is 0. The molecule has 2 nitrogen and oxygen atoms in total. The SMILES string of the molecule is Cl.NCC(Cl)CCCCl.NCc1ccc(C(F)(F)F)cc1. The van der Waals surface area contributed by atoms with Crippen LogP contribution in [-0.2, 0) is 12.7 Å². The van der Waals surface area contributed by atoms with Crippen LogP contribution in [-0.4, -0.2) is 17.8 Å². The van der Waals surface area contributed by atoms with Crippen molar-refractivity contribution in [2.75, 3.05) is 12.4 Å². The fourth-order valence-corrected chi connectivity index (χ4v) is 1.55. The van der Waals surface area contributed by atoms with Gasteiger partial charge in [0.05, 0.1) is 5.56 Å². The molecule has 0 radical (unpaired) electrons. The molecule has 1 aromatic carbocycles. The number of hydrogen-bond acceptors (Lipinski definition) is 2. The first-order valence-electron chi connectivity index (χ1n) is 6.11. The third-order valence-corrected chi connectivity index (χ3v) is 3.09. The van der Waals surface area contributed by atoms with Crippen molar-refractivity contribution in [1.82, 2.24) is 0 Å². The van der Waals surface area contributed by atoms with Gasteiger partial charge in [0, 0.05) is 24.3 Å². The lowest BCUT2D eigenvalue weighted by Crippen LogP contribution is -2.13. The lowest BCUT2D eigenvalue weighted by molar-refractivity contribution is -0.137. The highest BCUT2D eigenvalue weighted by Crippen LogP contribution is 2.28. The summed E-state index contributed by atoms with van der Waals surface area (Å²) >= 11 is 11.1. The molecule has 1 unspecified atom stereocenters. The van der Waals surface area contributed by atoms with E-state index in [1.807, 2.05) is 0 Å². The molecule has 0 aromatic heterocycles. The van der Waals surface area contributed by atoms with Crippen LogP contribution in [0.2, 0.25) is 0 Å². The molecule has 1 rings (SSSR count). The Labute approximate surface area is 139 Å². The zero-order chi connectivity index (χ0) is 15.6. The Bertz CT molecular complexity index is 359. The summed E-state index contributed by atoms with van der Waals surface area (Å²) in [6.45, 7) is 0.816. The van der Waals surface area contributed by atoms with E-state index in [0.717, 1.165) is 25.0 Å². The number of nitrogens with two attached hydrogens (primary N) is 2. The lowest BCUT2D eigenvalue weighted by atomic mass is 10.1. The van der Waals surface area contributed by atoms with Crippen molar-refractivity contribution >= 4 is 35.6 Å². The molecule has 124 valence electrons. The zero-order valence-electron chi connectivity index (χ0n) is 11.4. The van der Waals surface area contributed by atoms with Crippen molar-refractivity contribution in [2.24, 2.45) is 11.5 Å². The molecule has 0 heterocycles. The van der Waals surface area contributed by atoms with Crippen molar-refractivity contribution in [1.29, 1.82) is 0 Å². The van der Waals surface area contributed by atoms with E-state index in [0.29, 0.717) is 18.0 Å². The maximum absolute atomic E-state index is 12.0. The predicted octanol–water partition coefficient (Wildman–Crippen LogP) is 4.16. The van der Waals surface area contributed by atoms with E-state index in [9.17, 15) is 13.2 Å². The van der Waals surface area contributed by atoms with Gasteiger partial charge < -0.3 is 11.5 Å². The van der Waals surface area contributed by atoms with E-state index < -0.39 is 11.7 Å². The van der Waals surface area contributed by atoms with Crippen LogP contribution in [0.25, 0.3) is 0 Å². The molecular weight excluding hydrogens is 348 g/mol. The first kappa shape index (κ1) is 23.1. The van der Waals surface area contributed by atoms with Crippen LogP contribution >= 0.6 is 35.6 Å². The van der Waals surface area contributed by atoms with Gasteiger partial charge in [0.2, 0.25) is 0 Å². The minimum absolute atomic E-state index is 0. The van der Waals surface area contributed by atoms with Crippen molar-refractivity contribution in [2.45, 2.75) is 30.9 Å². The molecule has 1 aromatic rings. The predicted molar refractivity (Wildman–Crippen MR) is 85.2 cm³/mol. The maximum Gasteiger partial charge on any atom is 0.416 e. The summed E-state index contributed by atoms with van der Waals surface area (Å²) < 4.78 is 36.0. The second-order valence-electron chi connectivity index (χ2n) is 4.06. The van der Waals surface area contributed by atoms with Gasteiger partial charge in [0.1, 0.15) is 0 Å². The van der Waals surface area contributed by atoms with E-state index in [4.69, 9.17) is 34.7 Å². The second-order valence-corrected chi connectivity index (χ2v) is 5.06. The summed E-state index contributed by atoms with van der Waals surface area (Å²) in [5.74, 6) is 0.684. The Hall–Kier alpha value is -0.200. The van der Waals surface area contributed by atoms with Gasteiger partial charge >= 0.3 is 6.18 Å². The van der Waals surface area contributed by atoms with Gasteiger partial charge in [-0.15, -0.1) is 35.6 Å². The zero-order valence-corrected chi connectivity index (χ0v) is 13.7. The van der Waals surface area contributed by atoms with Crippen LogP contribution in [0.3, 0.4) is 0 Å². The fraction of sp³-hybridized carbons (Fsp3) is 0.538. The van der Waals surface area contributed by atoms with Crippen LogP contribution in [0, 0.1) is 0 Å². The molecule has 0 aliphatic carbocycles. The maximum atomic E-state index is 12.0. The summed E-state index contributed by atoms with van der Waals surface area (Å²) in [6.07, 6.45) is -2.36. The van der Waals surface area contributed by atoms with Crippen LogP contribution in [0.15, 0.2) is 24.3 Å².